The summed E-state index contributed by atoms with van der Waals surface area (Å²) in [7, 11) is 1.70. The predicted octanol–water partition coefficient (Wildman–Crippen LogP) is 2.14. The Morgan fingerprint density at radius 1 is 1.56 bits per heavy atom. The third-order valence-corrected chi connectivity index (χ3v) is 3.24. The summed E-state index contributed by atoms with van der Waals surface area (Å²) >= 11 is 1.65. The molecule has 1 unspecified atom stereocenters. The summed E-state index contributed by atoms with van der Waals surface area (Å²) in [6.45, 7) is 5.47. The molecule has 0 radical (unpaired) electrons. The summed E-state index contributed by atoms with van der Waals surface area (Å²) in [4.78, 5) is 8.78. The molecule has 2 rings (SSSR count). The van der Waals surface area contributed by atoms with E-state index in [4.69, 9.17) is 4.74 Å². The molecule has 0 amide bonds. The number of aromatic nitrogens is 3. The summed E-state index contributed by atoms with van der Waals surface area (Å²) in [5.41, 5.74) is 0.999. The van der Waals surface area contributed by atoms with Gasteiger partial charge in [0.1, 0.15) is 5.01 Å². The fourth-order valence-electron chi connectivity index (χ4n) is 1.77. The van der Waals surface area contributed by atoms with E-state index in [1.54, 1.807) is 18.4 Å². The van der Waals surface area contributed by atoms with Crippen molar-refractivity contribution in [3.05, 3.63) is 28.5 Å². The van der Waals surface area contributed by atoms with Crippen molar-refractivity contribution in [1.82, 2.24) is 14.5 Å². The molecular weight excluding hydrogens is 248 g/mol. The maximum atomic E-state index is 5.12. The van der Waals surface area contributed by atoms with E-state index in [2.05, 4.69) is 26.8 Å². The molecule has 5 nitrogen and oxygen atoms in total. The first kappa shape index (κ1) is 13.0. The van der Waals surface area contributed by atoms with Crippen molar-refractivity contribution in [1.29, 1.82) is 0 Å². The molecule has 18 heavy (non-hydrogen) atoms. The summed E-state index contributed by atoms with van der Waals surface area (Å²) in [6.07, 6.45) is 3.85. The quantitative estimate of drug-likeness (QED) is 0.870. The highest BCUT2D eigenvalue weighted by atomic mass is 32.1. The monoisotopic (exact) mass is 266 g/mol. The number of aryl methyl sites for hydroxylation is 1. The standard InChI is InChI=1S/C12H18N4OS/c1-9-6-16(7-11-13-4-5-18-11)12(14-9)15-10(2)8-17-3/h4-6,10H,7-8H2,1-3H3,(H,14,15). The van der Waals surface area contributed by atoms with Crippen molar-refractivity contribution < 1.29 is 4.74 Å². The Balaban J connectivity index is 2.10. The minimum atomic E-state index is 0.229. The maximum absolute atomic E-state index is 5.12. The van der Waals surface area contributed by atoms with Crippen LogP contribution in [-0.2, 0) is 11.3 Å². The topological polar surface area (TPSA) is 52.0 Å². The Kier molecular flexibility index (Phi) is 4.33. The molecule has 0 aliphatic heterocycles. The Bertz CT molecular complexity index is 480. The number of nitrogens with zero attached hydrogens (tertiary/aromatic N) is 3. The average molecular weight is 266 g/mol. The number of anilines is 1. The van der Waals surface area contributed by atoms with Crippen LogP contribution >= 0.6 is 11.3 Å². The number of thiazole rings is 1. The Morgan fingerprint density at radius 3 is 3.06 bits per heavy atom. The molecule has 98 valence electrons. The fourth-order valence-corrected chi connectivity index (χ4v) is 2.39. The molecule has 2 aromatic heterocycles. The molecule has 1 N–H and O–H groups in total. The van der Waals surface area contributed by atoms with Crippen LogP contribution < -0.4 is 5.32 Å². The van der Waals surface area contributed by atoms with Crippen LogP contribution in [0, 0.1) is 6.92 Å². The second-order valence-corrected chi connectivity index (χ2v) is 5.24. The van der Waals surface area contributed by atoms with Crippen LogP contribution in [-0.4, -0.2) is 34.3 Å². The lowest BCUT2D eigenvalue weighted by Crippen LogP contribution is -2.23. The number of rotatable bonds is 6. The van der Waals surface area contributed by atoms with Crippen molar-refractivity contribution in [2.24, 2.45) is 0 Å². The highest BCUT2D eigenvalue weighted by molar-refractivity contribution is 7.09. The van der Waals surface area contributed by atoms with Crippen molar-refractivity contribution in [3.8, 4) is 0 Å². The summed E-state index contributed by atoms with van der Waals surface area (Å²) in [6, 6.07) is 0.229. The zero-order valence-electron chi connectivity index (χ0n) is 10.9. The third-order valence-electron chi connectivity index (χ3n) is 2.48. The van der Waals surface area contributed by atoms with E-state index in [0.717, 1.165) is 23.2 Å². The van der Waals surface area contributed by atoms with E-state index in [1.165, 1.54) is 0 Å². The smallest absolute Gasteiger partial charge is 0.203 e. The Labute approximate surface area is 111 Å². The first-order valence-electron chi connectivity index (χ1n) is 5.86. The maximum Gasteiger partial charge on any atom is 0.203 e. The lowest BCUT2D eigenvalue weighted by Gasteiger charge is -2.14. The molecule has 0 saturated heterocycles. The molecule has 6 heteroatoms. The van der Waals surface area contributed by atoms with E-state index >= 15 is 0 Å². The SMILES string of the molecule is COCC(C)Nc1nc(C)cn1Cc1nccs1. The van der Waals surface area contributed by atoms with Gasteiger partial charge in [0, 0.05) is 30.9 Å². The average Bonchev–Trinajstić information content (AvgIpc) is 2.90. The molecule has 2 aromatic rings. The van der Waals surface area contributed by atoms with Crippen LogP contribution in [0.4, 0.5) is 5.95 Å². The second-order valence-electron chi connectivity index (χ2n) is 4.26. The van der Waals surface area contributed by atoms with Gasteiger partial charge in [0.2, 0.25) is 5.95 Å². The van der Waals surface area contributed by atoms with Gasteiger partial charge in [-0.2, -0.15) is 0 Å². The minimum Gasteiger partial charge on any atom is -0.383 e. The third kappa shape index (κ3) is 3.30. The van der Waals surface area contributed by atoms with Crippen molar-refractivity contribution >= 4 is 17.3 Å². The highest BCUT2D eigenvalue weighted by Crippen LogP contribution is 2.14. The van der Waals surface area contributed by atoms with Gasteiger partial charge in [-0.05, 0) is 13.8 Å². The number of hydrogen-bond donors (Lipinski definition) is 1. The van der Waals surface area contributed by atoms with Gasteiger partial charge in [0.05, 0.1) is 18.8 Å². The molecular formula is C12H18N4OS. The van der Waals surface area contributed by atoms with Crippen LogP contribution in [0.3, 0.4) is 0 Å². The highest BCUT2D eigenvalue weighted by Gasteiger charge is 2.10. The summed E-state index contributed by atoms with van der Waals surface area (Å²) < 4.78 is 7.20. The van der Waals surface area contributed by atoms with E-state index in [-0.39, 0.29) is 6.04 Å². The normalized spacial score (nSPS) is 12.6. The molecule has 2 heterocycles. The first-order valence-corrected chi connectivity index (χ1v) is 6.74. The minimum absolute atomic E-state index is 0.229. The predicted molar refractivity (Wildman–Crippen MR) is 73.1 cm³/mol. The van der Waals surface area contributed by atoms with Crippen molar-refractivity contribution in [2.45, 2.75) is 26.4 Å². The van der Waals surface area contributed by atoms with E-state index in [9.17, 15) is 0 Å². The van der Waals surface area contributed by atoms with Crippen LogP contribution in [0.15, 0.2) is 17.8 Å². The van der Waals surface area contributed by atoms with Crippen molar-refractivity contribution in [3.63, 3.8) is 0 Å². The Hall–Kier alpha value is -1.40. The van der Waals surface area contributed by atoms with E-state index in [0.29, 0.717) is 6.61 Å². The number of hydrogen-bond acceptors (Lipinski definition) is 5. The van der Waals surface area contributed by atoms with E-state index in [1.807, 2.05) is 24.7 Å². The van der Waals surface area contributed by atoms with Gasteiger partial charge in [-0.3, -0.25) is 0 Å². The summed E-state index contributed by atoms with van der Waals surface area (Å²) in [5, 5.41) is 6.41. The Morgan fingerprint density at radius 2 is 2.39 bits per heavy atom. The van der Waals surface area contributed by atoms with Crippen LogP contribution in [0.2, 0.25) is 0 Å². The first-order chi connectivity index (χ1) is 8.69. The summed E-state index contributed by atoms with van der Waals surface area (Å²) in [5.74, 6) is 0.868. The molecule has 0 aliphatic rings. The zero-order valence-corrected chi connectivity index (χ0v) is 11.7. The van der Waals surface area contributed by atoms with Gasteiger partial charge >= 0.3 is 0 Å². The second kappa shape index (κ2) is 5.97. The fraction of sp³-hybridized carbons (Fsp3) is 0.500. The van der Waals surface area contributed by atoms with E-state index < -0.39 is 0 Å². The number of imidazole rings is 1. The van der Waals surface area contributed by atoms with Crippen LogP contribution in [0.25, 0.3) is 0 Å². The van der Waals surface area contributed by atoms with Gasteiger partial charge in [-0.15, -0.1) is 11.3 Å². The molecule has 0 bridgehead atoms. The van der Waals surface area contributed by atoms with Crippen molar-refractivity contribution in [2.75, 3.05) is 19.0 Å². The zero-order chi connectivity index (χ0) is 13.0. The lowest BCUT2D eigenvalue weighted by molar-refractivity contribution is 0.190. The number of ether oxygens (including phenoxy) is 1. The van der Waals surface area contributed by atoms with Gasteiger partial charge < -0.3 is 14.6 Å². The molecule has 1 atom stereocenters. The molecule has 0 fully saturated rings. The number of methoxy groups -OCH3 is 1. The van der Waals surface area contributed by atoms with Gasteiger partial charge in [-0.1, -0.05) is 0 Å². The molecule has 0 aromatic carbocycles. The van der Waals surface area contributed by atoms with Crippen LogP contribution in [0.1, 0.15) is 17.6 Å². The molecule has 0 aliphatic carbocycles. The van der Waals surface area contributed by atoms with Gasteiger partial charge in [0.15, 0.2) is 0 Å². The molecule has 0 saturated carbocycles. The molecule has 0 spiro atoms. The number of nitrogens with one attached hydrogen (secondary N) is 1. The van der Waals surface area contributed by atoms with Gasteiger partial charge in [0.25, 0.3) is 0 Å². The van der Waals surface area contributed by atoms with Gasteiger partial charge in [-0.25, -0.2) is 9.97 Å². The largest absolute Gasteiger partial charge is 0.383 e. The van der Waals surface area contributed by atoms with Crippen LogP contribution in [0.5, 0.6) is 0 Å². The lowest BCUT2D eigenvalue weighted by atomic mass is 10.4.